The predicted molar refractivity (Wildman–Crippen MR) is 48.3 cm³/mol. The number of aliphatic hydroxyl groups excluding tert-OH is 1. The number of hydrogen-bond acceptors (Lipinski definition) is 3. The van der Waals surface area contributed by atoms with Crippen molar-refractivity contribution in [3.63, 3.8) is 0 Å². The predicted octanol–water partition coefficient (Wildman–Crippen LogP) is 0.0525. The van der Waals surface area contributed by atoms with Crippen LogP contribution in [0, 0.1) is 0 Å². The molecule has 0 radical (unpaired) electrons. The highest BCUT2D eigenvalue weighted by Crippen LogP contribution is 2.12. The molecule has 13 heavy (non-hydrogen) atoms. The van der Waals surface area contributed by atoms with E-state index in [0.29, 0.717) is 13.2 Å². The summed E-state index contributed by atoms with van der Waals surface area (Å²) in [5, 5.41) is 11.6. The fraction of sp³-hybridized carbons (Fsp3) is 0.889. The number of rotatable bonds is 3. The van der Waals surface area contributed by atoms with Gasteiger partial charge in [-0.2, -0.15) is 0 Å². The Labute approximate surface area is 78.3 Å². The summed E-state index contributed by atoms with van der Waals surface area (Å²) < 4.78 is 5.28. The van der Waals surface area contributed by atoms with Crippen LogP contribution in [0.3, 0.4) is 0 Å². The molecule has 4 heteroatoms. The molecule has 1 amide bonds. The summed E-state index contributed by atoms with van der Waals surface area (Å²) in [6.45, 7) is 2.62. The lowest BCUT2D eigenvalue weighted by Gasteiger charge is -2.21. The van der Waals surface area contributed by atoms with Crippen LogP contribution in [0.5, 0.6) is 0 Å². The summed E-state index contributed by atoms with van der Waals surface area (Å²) in [6, 6.07) is 0. The van der Waals surface area contributed by atoms with E-state index in [1.807, 2.05) is 0 Å². The van der Waals surface area contributed by atoms with Gasteiger partial charge in [0.15, 0.2) is 0 Å². The molecule has 1 aliphatic rings. The molecule has 0 aliphatic carbocycles. The van der Waals surface area contributed by atoms with Crippen molar-refractivity contribution >= 4 is 5.91 Å². The van der Waals surface area contributed by atoms with E-state index in [1.54, 1.807) is 6.92 Å². The van der Waals surface area contributed by atoms with Gasteiger partial charge in [-0.15, -0.1) is 0 Å². The van der Waals surface area contributed by atoms with Crippen molar-refractivity contribution in [3.8, 4) is 0 Å². The Morgan fingerprint density at radius 2 is 2.46 bits per heavy atom. The first-order valence-corrected chi connectivity index (χ1v) is 4.77. The van der Waals surface area contributed by atoms with Gasteiger partial charge in [-0.3, -0.25) is 4.79 Å². The summed E-state index contributed by atoms with van der Waals surface area (Å²) in [7, 11) is 0. The Hall–Kier alpha value is -0.610. The van der Waals surface area contributed by atoms with Crippen LogP contribution in [0.15, 0.2) is 0 Å². The Kier molecular flexibility index (Phi) is 4.18. The van der Waals surface area contributed by atoms with Crippen molar-refractivity contribution in [2.75, 3.05) is 13.2 Å². The molecular formula is C9H17NO3. The van der Waals surface area contributed by atoms with Crippen LogP contribution in [0.25, 0.3) is 0 Å². The van der Waals surface area contributed by atoms with E-state index in [1.165, 1.54) is 0 Å². The Morgan fingerprint density at radius 1 is 1.69 bits per heavy atom. The lowest BCUT2D eigenvalue weighted by atomic mass is 10.1. The van der Waals surface area contributed by atoms with Crippen LogP contribution in [-0.2, 0) is 9.53 Å². The standard InChI is InChI=1S/C9H17NO3/c1-7(11)6-10-9(12)8-4-2-3-5-13-8/h7-8,11H,2-6H2,1H3,(H,10,12). The lowest BCUT2D eigenvalue weighted by Crippen LogP contribution is -2.41. The second-order valence-corrected chi connectivity index (χ2v) is 3.45. The first kappa shape index (κ1) is 10.5. The fourth-order valence-electron chi connectivity index (χ4n) is 1.31. The molecule has 0 spiro atoms. The van der Waals surface area contributed by atoms with Crippen molar-refractivity contribution in [2.45, 2.75) is 38.4 Å². The third-order valence-corrected chi connectivity index (χ3v) is 2.04. The number of aliphatic hydroxyl groups is 1. The number of hydrogen-bond donors (Lipinski definition) is 2. The van der Waals surface area contributed by atoms with Gasteiger partial charge in [0, 0.05) is 13.2 Å². The minimum atomic E-state index is -0.493. The summed E-state index contributed by atoms with van der Waals surface area (Å²) in [6.07, 6.45) is 2.10. The third-order valence-electron chi connectivity index (χ3n) is 2.04. The van der Waals surface area contributed by atoms with E-state index in [4.69, 9.17) is 9.84 Å². The lowest BCUT2D eigenvalue weighted by molar-refractivity contribution is -0.135. The SMILES string of the molecule is CC(O)CNC(=O)C1CCCCO1. The maximum absolute atomic E-state index is 11.4. The van der Waals surface area contributed by atoms with Crippen molar-refractivity contribution in [1.29, 1.82) is 0 Å². The van der Waals surface area contributed by atoms with Crippen molar-refractivity contribution < 1.29 is 14.6 Å². The second-order valence-electron chi connectivity index (χ2n) is 3.45. The van der Waals surface area contributed by atoms with Gasteiger partial charge in [0.25, 0.3) is 0 Å². The van der Waals surface area contributed by atoms with Crippen LogP contribution < -0.4 is 5.32 Å². The van der Waals surface area contributed by atoms with E-state index < -0.39 is 6.10 Å². The van der Waals surface area contributed by atoms with Crippen LogP contribution in [-0.4, -0.2) is 36.4 Å². The third kappa shape index (κ3) is 3.74. The fourth-order valence-corrected chi connectivity index (χ4v) is 1.31. The highest BCUT2D eigenvalue weighted by Gasteiger charge is 2.21. The maximum atomic E-state index is 11.4. The zero-order valence-electron chi connectivity index (χ0n) is 7.95. The first-order valence-electron chi connectivity index (χ1n) is 4.77. The van der Waals surface area contributed by atoms with Crippen LogP contribution in [0.1, 0.15) is 26.2 Å². The summed E-state index contributed by atoms with van der Waals surface area (Å²) in [5.41, 5.74) is 0. The number of nitrogens with one attached hydrogen (secondary N) is 1. The highest BCUT2D eigenvalue weighted by atomic mass is 16.5. The minimum absolute atomic E-state index is 0.0967. The summed E-state index contributed by atoms with van der Waals surface area (Å²) >= 11 is 0. The highest BCUT2D eigenvalue weighted by molar-refractivity contribution is 5.80. The number of amides is 1. The van der Waals surface area contributed by atoms with E-state index in [2.05, 4.69) is 5.32 Å². The largest absolute Gasteiger partial charge is 0.392 e. The van der Waals surface area contributed by atoms with E-state index in [-0.39, 0.29) is 12.0 Å². The van der Waals surface area contributed by atoms with Crippen LogP contribution in [0.4, 0.5) is 0 Å². The van der Waals surface area contributed by atoms with Gasteiger partial charge in [-0.05, 0) is 26.2 Å². The molecular weight excluding hydrogens is 170 g/mol. The van der Waals surface area contributed by atoms with Gasteiger partial charge in [0.2, 0.25) is 5.91 Å². The molecule has 0 aromatic carbocycles. The Morgan fingerprint density at radius 3 is 3.00 bits per heavy atom. The number of ether oxygens (including phenoxy) is 1. The first-order chi connectivity index (χ1) is 6.20. The molecule has 2 atom stereocenters. The van der Waals surface area contributed by atoms with E-state index >= 15 is 0 Å². The molecule has 1 heterocycles. The van der Waals surface area contributed by atoms with Crippen LogP contribution >= 0.6 is 0 Å². The molecule has 2 N–H and O–H groups in total. The van der Waals surface area contributed by atoms with Crippen molar-refractivity contribution in [2.24, 2.45) is 0 Å². The molecule has 4 nitrogen and oxygen atoms in total. The molecule has 76 valence electrons. The van der Waals surface area contributed by atoms with Gasteiger partial charge < -0.3 is 15.2 Å². The molecule has 0 saturated carbocycles. The monoisotopic (exact) mass is 187 g/mol. The molecule has 0 aromatic heterocycles. The molecule has 0 aromatic rings. The van der Waals surface area contributed by atoms with Gasteiger partial charge in [0.1, 0.15) is 6.10 Å². The normalized spacial score (nSPS) is 25.2. The van der Waals surface area contributed by atoms with Crippen LogP contribution in [0.2, 0.25) is 0 Å². The number of carbonyl (C=O) groups excluding carboxylic acids is 1. The summed E-state index contributed by atoms with van der Waals surface area (Å²) in [4.78, 5) is 11.4. The maximum Gasteiger partial charge on any atom is 0.249 e. The zero-order valence-corrected chi connectivity index (χ0v) is 7.95. The molecule has 1 rings (SSSR count). The van der Waals surface area contributed by atoms with E-state index in [0.717, 1.165) is 19.3 Å². The second kappa shape index (κ2) is 5.19. The molecule has 1 aliphatic heterocycles. The van der Waals surface area contributed by atoms with Gasteiger partial charge in [-0.25, -0.2) is 0 Å². The smallest absolute Gasteiger partial charge is 0.249 e. The van der Waals surface area contributed by atoms with E-state index in [9.17, 15) is 4.79 Å². The zero-order chi connectivity index (χ0) is 9.68. The average Bonchev–Trinajstić information content (AvgIpc) is 2.15. The molecule has 1 fully saturated rings. The average molecular weight is 187 g/mol. The topological polar surface area (TPSA) is 58.6 Å². The number of carbonyl (C=O) groups is 1. The molecule has 0 bridgehead atoms. The minimum Gasteiger partial charge on any atom is -0.392 e. The molecule has 1 saturated heterocycles. The van der Waals surface area contributed by atoms with Gasteiger partial charge in [-0.1, -0.05) is 0 Å². The molecule has 2 unspecified atom stereocenters. The summed E-state index contributed by atoms with van der Waals surface area (Å²) in [5.74, 6) is -0.0967. The Balaban J connectivity index is 2.21. The van der Waals surface area contributed by atoms with Gasteiger partial charge >= 0.3 is 0 Å². The Bertz CT molecular complexity index is 164. The van der Waals surface area contributed by atoms with Crippen molar-refractivity contribution in [3.05, 3.63) is 0 Å². The van der Waals surface area contributed by atoms with Crippen molar-refractivity contribution in [1.82, 2.24) is 5.32 Å². The van der Waals surface area contributed by atoms with Gasteiger partial charge in [0.05, 0.1) is 6.10 Å². The quantitative estimate of drug-likeness (QED) is 0.656.